The molecule has 0 aliphatic rings. The molecule has 12 heteroatoms. The number of hydrogen-bond acceptors (Lipinski definition) is 7. The van der Waals surface area contributed by atoms with Gasteiger partial charge < -0.3 is 19.9 Å². The van der Waals surface area contributed by atoms with E-state index in [0.717, 1.165) is 19.4 Å². The summed E-state index contributed by atoms with van der Waals surface area (Å²) in [6.45, 7) is 4.50. The molecule has 2 aromatic heterocycles. The van der Waals surface area contributed by atoms with Crippen LogP contribution in [-0.4, -0.2) is 51.4 Å². The quantitative estimate of drug-likeness (QED) is 0.284. The Morgan fingerprint density at radius 3 is 2.58 bits per heavy atom. The van der Waals surface area contributed by atoms with Gasteiger partial charge in [0.05, 0.1) is 9.26 Å². The number of ether oxygens (including phenoxy) is 1. The molecule has 0 radical (unpaired) electrons. The van der Waals surface area contributed by atoms with Crippen molar-refractivity contribution in [3.8, 4) is 5.75 Å². The van der Waals surface area contributed by atoms with Crippen molar-refractivity contribution in [2.75, 3.05) is 19.7 Å². The molecule has 0 aliphatic carbocycles. The summed E-state index contributed by atoms with van der Waals surface area (Å²) in [7, 11) is 0. The third-order valence-corrected chi connectivity index (χ3v) is 6.25. The van der Waals surface area contributed by atoms with E-state index >= 15 is 0 Å². The maximum atomic E-state index is 12.1. The Labute approximate surface area is 200 Å². The molecule has 10 nitrogen and oxygen atoms in total. The van der Waals surface area contributed by atoms with Gasteiger partial charge >= 0.3 is 11.8 Å². The first-order chi connectivity index (χ1) is 14.8. The molecule has 2 N–H and O–H groups in total. The topological polar surface area (TPSA) is 124 Å². The van der Waals surface area contributed by atoms with Gasteiger partial charge in [-0.3, -0.25) is 14.3 Å². The third-order valence-electron chi connectivity index (χ3n) is 4.16. The Bertz CT molecular complexity index is 1070. The van der Waals surface area contributed by atoms with Crippen LogP contribution in [0.25, 0.3) is 0 Å². The number of hydrogen-bond donors (Lipinski definition) is 2. The number of halogens is 2. The van der Waals surface area contributed by atoms with Crippen LogP contribution < -0.4 is 15.4 Å². The number of nitrogens with zero attached hydrogens (tertiary/aromatic N) is 4. The highest BCUT2D eigenvalue weighted by molar-refractivity contribution is 14.1. The molecule has 0 atom stereocenters. The van der Waals surface area contributed by atoms with Gasteiger partial charge in [-0.2, -0.15) is 10.1 Å². The fraction of sp³-hybridized carbons (Fsp3) is 0.316. The smallest absolute Gasteiger partial charge is 0.316 e. The Morgan fingerprint density at radius 1 is 1.19 bits per heavy atom. The molecule has 3 rings (SSSR count). The van der Waals surface area contributed by atoms with Crippen molar-refractivity contribution >= 4 is 50.3 Å². The van der Waals surface area contributed by atoms with E-state index in [0.29, 0.717) is 18.1 Å². The Balaban J connectivity index is 1.38. The predicted octanol–water partition coefficient (Wildman–Crippen LogP) is 2.22. The van der Waals surface area contributed by atoms with E-state index in [9.17, 15) is 9.59 Å². The van der Waals surface area contributed by atoms with Crippen LogP contribution in [-0.2, 0) is 11.3 Å². The number of aromatic nitrogens is 4. The van der Waals surface area contributed by atoms with Crippen molar-refractivity contribution in [1.82, 2.24) is 30.6 Å². The van der Waals surface area contributed by atoms with Crippen LogP contribution in [0.1, 0.15) is 27.9 Å². The number of rotatable bonds is 9. The molecule has 0 saturated carbocycles. The lowest BCUT2D eigenvalue weighted by Gasteiger charge is -2.07. The van der Waals surface area contributed by atoms with Crippen LogP contribution >= 0.6 is 38.5 Å². The molecule has 3 aromatic rings. The first-order valence-corrected chi connectivity index (χ1v) is 11.2. The Kier molecular flexibility index (Phi) is 8.01. The van der Waals surface area contributed by atoms with Gasteiger partial charge in [-0.1, -0.05) is 21.1 Å². The van der Waals surface area contributed by atoms with Gasteiger partial charge in [0.15, 0.2) is 12.4 Å². The summed E-state index contributed by atoms with van der Waals surface area (Å²) in [5.74, 6) is -0.00507. The first-order valence-electron chi connectivity index (χ1n) is 9.29. The minimum atomic E-state index is -0.512. The Hall–Kier alpha value is -2.48. The summed E-state index contributed by atoms with van der Waals surface area (Å²) in [5.41, 5.74) is 1.91. The van der Waals surface area contributed by atoms with Gasteiger partial charge in [0.2, 0.25) is 0 Å². The van der Waals surface area contributed by atoms with Crippen molar-refractivity contribution in [3.05, 3.63) is 55.4 Å². The molecule has 0 spiro atoms. The molecular formula is C19H20BrIN6O4. The summed E-state index contributed by atoms with van der Waals surface area (Å²) in [4.78, 5) is 28.1. The van der Waals surface area contributed by atoms with Gasteiger partial charge in [-0.15, -0.1) is 0 Å². The molecule has 0 bridgehead atoms. The molecule has 0 saturated heterocycles. The largest absolute Gasteiger partial charge is 0.484 e. The van der Waals surface area contributed by atoms with Crippen LogP contribution in [0.15, 0.2) is 33.3 Å². The average molecular weight is 603 g/mol. The monoisotopic (exact) mass is 602 g/mol. The number of amides is 2. The Morgan fingerprint density at radius 2 is 1.90 bits per heavy atom. The zero-order valence-corrected chi connectivity index (χ0v) is 20.6. The van der Waals surface area contributed by atoms with Crippen molar-refractivity contribution in [1.29, 1.82) is 0 Å². The second-order valence-electron chi connectivity index (χ2n) is 6.51. The van der Waals surface area contributed by atoms with E-state index in [1.807, 2.05) is 26.0 Å². The number of carbonyl (C=O) groups excluding carboxylic acids is 2. The standard InChI is InChI=1S/C19H20BrIN6O4/c1-11-17(21)12(2)27(25-11)9-15-24-19(31-26-15)18(29)23-8-7-22-16(28)10-30-14-5-3-13(20)4-6-14/h3-6H,7-10H2,1-2H3,(H,22,28)(H,23,29). The summed E-state index contributed by atoms with van der Waals surface area (Å²) < 4.78 is 14.2. The van der Waals surface area contributed by atoms with Crippen LogP contribution in [0.2, 0.25) is 0 Å². The first kappa shape index (κ1) is 23.2. The van der Waals surface area contributed by atoms with Crippen molar-refractivity contribution in [2.24, 2.45) is 0 Å². The zero-order valence-electron chi connectivity index (χ0n) is 16.8. The molecule has 164 valence electrons. The van der Waals surface area contributed by atoms with E-state index in [1.54, 1.807) is 16.8 Å². The molecule has 0 unspecified atom stereocenters. The average Bonchev–Trinajstić information content (AvgIpc) is 3.31. The highest BCUT2D eigenvalue weighted by Crippen LogP contribution is 2.16. The SMILES string of the molecule is Cc1nn(Cc2noc(C(=O)NCCNC(=O)COc3ccc(Br)cc3)n2)c(C)c1I. The summed E-state index contributed by atoms with van der Waals surface area (Å²) in [5, 5.41) is 13.5. The maximum Gasteiger partial charge on any atom is 0.316 e. The lowest BCUT2D eigenvalue weighted by Crippen LogP contribution is -2.36. The van der Waals surface area contributed by atoms with Gasteiger partial charge in [0, 0.05) is 23.3 Å². The summed E-state index contributed by atoms with van der Waals surface area (Å²) in [6.07, 6.45) is 0. The van der Waals surface area contributed by atoms with E-state index in [2.05, 4.69) is 64.4 Å². The second-order valence-corrected chi connectivity index (χ2v) is 8.50. The van der Waals surface area contributed by atoms with Crippen LogP contribution in [0, 0.1) is 17.4 Å². The van der Waals surface area contributed by atoms with E-state index in [1.165, 1.54) is 0 Å². The fourth-order valence-corrected chi connectivity index (χ4v) is 3.21. The minimum Gasteiger partial charge on any atom is -0.484 e. The fourth-order valence-electron chi connectivity index (χ4n) is 2.56. The van der Waals surface area contributed by atoms with Crippen molar-refractivity contribution in [2.45, 2.75) is 20.4 Å². The minimum absolute atomic E-state index is 0.117. The van der Waals surface area contributed by atoms with Crippen molar-refractivity contribution in [3.63, 3.8) is 0 Å². The lowest BCUT2D eigenvalue weighted by molar-refractivity contribution is -0.123. The number of aryl methyl sites for hydroxylation is 1. The highest BCUT2D eigenvalue weighted by atomic mass is 127. The van der Waals surface area contributed by atoms with Crippen LogP contribution in [0.5, 0.6) is 5.75 Å². The second kappa shape index (κ2) is 10.7. The molecule has 0 fully saturated rings. The number of benzene rings is 1. The molecular weight excluding hydrogens is 583 g/mol. The maximum absolute atomic E-state index is 12.1. The third kappa shape index (κ3) is 6.50. The molecule has 1 aromatic carbocycles. The summed E-state index contributed by atoms with van der Waals surface area (Å²) >= 11 is 5.56. The molecule has 2 amide bonds. The van der Waals surface area contributed by atoms with Crippen LogP contribution in [0.3, 0.4) is 0 Å². The zero-order chi connectivity index (χ0) is 22.4. The molecule has 2 heterocycles. The highest BCUT2D eigenvalue weighted by Gasteiger charge is 2.17. The van der Waals surface area contributed by atoms with E-state index in [-0.39, 0.29) is 31.5 Å². The van der Waals surface area contributed by atoms with E-state index < -0.39 is 5.91 Å². The van der Waals surface area contributed by atoms with Gasteiger partial charge in [0.25, 0.3) is 5.91 Å². The molecule has 31 heavy (non-hydrogen) atoms. The van der Waals surface area contributed by atoms with E-state index in [4.69, 9.17) is 9.26 Å². The number of nitrogens with one attached hydrogen (secondary N) is 2. The molecule has 0 aliphatic heterocycles. The normalized spacial score (nSPS) is 10.7. The lowest BCUT2D eigenvalue weighted by atomic mass is 10.3. The predicted molar refractivity (Wildman–Crippen MR) is 123 cm³/mol. The van der Waals surface area contributed by atoms with Crippen LogP contribution in [0.4, 0.5) is 0 Å². The number of carbonyl (C=O) groups is 2. The van der Waals surface area contributed by atoms with Gasteiger partial charge in [-0.05, 0) is 60.7 Å². The van der Waals surface area contributed by atoms with Gasteiger partial charge in [-0.25, -0.2) is 0 Å². The summed E-state index contributed by atoms with van der Waals surface area (Å²) in [6, 6.07) is 7.16. The van der Waals surface area contributed by atoms with Gasteiger partial charge in [0.1, 0.15) is 12.3 Å². The van der Waals surface area contributed by atoms with Crippen molar-refractivity contribution < 1.29 is 18.8 Å².